The van der Waals surface area contributed by atoms with Crippen molar-refractivity contribution in [2.24, 2.45) is 5.92 Å². The van der Waals surface area contributed by atoms with Crippen molar-refractivity contribution >= 4 is 11.5 Å². The number of carbonyl (C=O) groups is 1. The summed E-state index contributed by atoms with van der Waals surface area (Å²) in [6.45, 7) is 8.71. The number of benzene rings is 1. The molecule has 0 spiro atoms. The molecule has 0 atom stereocenters. The normalized spacial score (nSPS) is 14.8. The van der Waals surface area contributed by atoms with Crippen LogP contribution < -0.4 is 4.90 Å². The average molecular weight is 408 g/mol. The fraction of sp³-hybridized carbons (Fsp3) is 0.520. The lowest BCUT2D eigenvalue weighted by atomic mass is 9.95. The summed E-state index contributed by atoms with van der Waals surface area (Å²) in [7, 11) is 2.15. The van der Waals surface area contributed by atoms with Crippen LogP contribution in [0.1, 0.15) is 60.6 Å². The quantitative estimate of drug-likeness (QED) is 0.564. The molecule has 1 saturated heterocycles. The van der Waals surface area contributed by atoms with Gasteiger partial charge >= 0.3 is 0 Å². The Morgan fingerprint density at radius 3 is 2.70 bits per heavy atom. The molecule has 5 heteroatoms. The summed E-state index contributed by atoms with van der Waals surface area (Å²) in [6.07, 6.45) is 4.83. The van der Waals surface area contributed by atoms with Crippen LogP contribution in [0.25, 0.3) is 0 Å². The molecule has 0 saturated carbocycles. The van der Waals surface area contributed by atoms with Crippen LogP contribution in [0.3, 0.4) is 0 Å². The first kappa shape index (κ1) is 22.1. The van der Waals surface area contributed by atoms with Crippen LogP contribution in [0.5, 0.6) is 0 Å². The van der Waals surface area contributed by atoms with Gasteiger partial charge in [0.1, 0.15) is 6.07 Å². The molecular weight excluding hydrogens is 374 g/mol. The van der Waals surface area contributed by atoms with Gasteiger partial charge in [-0.2, -0.15) is 5.26 Å². The molecule has 1 aromatic heterocycles. The number of furan rings is 1. The standard InChI is InChI=1S/C25H33N3O2/c1-4-27(3)13-5-6-20-7-8-21(17-24(29)25-10-9-22(18-26)30-25)23(16-20)28-14-11-19(2)12-15-28/h7-10,16,19H,4-6,11-15,17H2,1-3H3. The summed E-state index contributed by atoms with van der Waals surface area (Å²) in [4.78, 5) is 17.5. The maximum atomic E-state index is 12.8. The Balaban J connectivity index is 1.78. The molecule has 1 aromatic carbocycles. The van der Waals surface area contributed by atoms with E-state index in [1.54, 1.807) is 12.1 Å². The predicted octanol–water partition coefficient (Wildman–Crippen LogP) is 4.70. The van der Waals surface area contributed by atoms with Crippen LogP contribution in [0.4, 0.5) is 5.69 Å². The minimum Gasteiger partial charge on any atom is -0.442 e. The fourth-order valence-corrected chi connectivity index (χ4v) is 3.98. The molecule has 0 radical (unpaired) electrons. The minimum absolute atomic E-state index is 0.0829. The van der Waals surface area contributed by atoms with Gasteiger partial charge in [0.05, 0.1) is 0 Å². The SMILES string of the molecule is CCN(C)CCCc1ccc(CC(=O)c2ccc(C#N)o2)c(N2CCC(C)CC2)c1. The monoisotopic (exact) mass is 407 g/mol. The molecule has 1 aliphatic heterocycles. The van der Waals surface area contributed by atoms with Crippen LogP contribution in [0.2, 0.25) is 0 Å². The van der Waals surface area contributed by atoms with E-state index in [0.717, 1.165) is 50.5 Å². The number of aryl methyl sites for hydroxylation is 1. The number of carbonyl (C=O) groups excluding carboxylic acids is 1. The van der Waals surface area contributed by atoms with Gasteiger partial charge in [0.25, 0.3) is 0 Å². The highest BCUT2D eigenvalue weighted by Gasteiger charge is 2.21. The molecule has 2 aromatic rings. The number of ketones is 1. The Kier molecular flexibility index (Phi) is 7.70. The van der Waals surface area contributed by atoms with Gasteiger partial charge in [0, 0.05) is 25.2 Å². The first-order chi connectivity index (χ1) is 14.5. The molecule has 5 nitrogen and oxygen atoms in total. The van der Waals surface area contributed by atoms with E-state index in [1.165, 1.54) is 24.1 Å². The van der Waals surface area contributed by atoms with E-state index in [2.05, 4.69) is 48.9 Å². The fourth-order valence-electron chi connectivity index (χ4n) is 3.98. The third-order valence-corrected chi connectivity index (χ3v) is 6.16. The van der Waals surface area contributed by atoms with Crippen molar-refractivity contribution in [3.05, 3.63) is 53.0 Å². The number of nitriles is 1. The number of Topliss-reactive ketones (excluding diaryl/α,β-unsaturated/α-hetero) is 1. The topological polar surface area (TPSA) is 60.5 Å². The zero-order valence-corrected chi connectivity index (χ0v) is 18.5. The summed E-state index contributed by atoms with van der Waals surface area (Å²) >= 11 is 0. The smallest absolute Gasteiger partial charge is 0.204 e. The molecule has 1 aliphatic rings. The lowest BCUT2D eigenvalue weighted by Gasteiger charge is -2.34. The van der Waals surface area contributed by atoms with Crippen molar-refractivity contribution in [3.8, 4) is 6.07 Å². The van der Waals surface area contributed by atoms with Crippen molar-refractivity contribution in [2.45, 2.75) is 46.0 Å². The maximum absolute atomic E-state index is 12.8. The number of anilines is 1. The van der Waals surface area contributed by atoms with Crippen molar-refractivity contribution < 1.29 is 9.21 Å². The Morgan fingerprint density at radius 2 is 2.03 bits per heavy atom. The summed E-state index contributed by atoms with van der Waals surface area (Å²) < 4.78 is 5.35. The second kappa shape index (κ2) is 10.4. The van der Waals surface area contributed by atoms with Gasteiger partial charge in [-0.05, 0) is 81.1 Å². The Hall–Kier alpha value is -2.58. The molecule has 2 heterocycles. The molecule has 0 unspecified atom stereocenters. The largest absolute Gasteiger partial charge is 0.442 e. The Bertz CT molecular complexity index is 888. The minimum atomic E-state index is -0.0829. The lowest BCUT2D eigenvalue weighted by molar-refractivity contribution is 0.0966. The van der Waals surface area contributed by atoms with E-state index in [-0.39, 0.29) is 17.3 Å². The molecule has 30 heavy (non-hydrogen) atoms. The van der Waals surface area contributed by atoms with E-state index in [0.29, 0.717) is 6.42 Å². The third kappa shape index (κ3) is 5.73. The highest BCUT2D eigenvalue weighted by atomic mass is 16.3. The number of piperidine rings is 1. The van der Waals surface area contributed by atoms with Crippen LogP contribution in [0, 0.1) is 17.2 Å². The van der Waals surface area contributed by atoms with E-state index < -0.39 is 0 Å². The van der Waals surface area contributed by atoms with Gasteiger partial charge in [-0.25, -0.2) is 0 Å². The van der Waals surface area contributed by atoms with Gasteiger partial charge < -0.3 is 14.2 Å². The van der Waals surface area contributed by atoms with Crippen molar-refractivity contribution in [3.63, 3.8) is 0 Å². The van der Waals surface area contributed by atoms with E-state index in [9.17, 15) is 4.79 Å². The number of rotatable bonds is 9. The van der Waals surface area contributed by atoms with E-state index in [4.69, 9.17) is 9.68 Å². The van der Waals surface area contributed by atoms with Crippen LogP contribution in [-0.2, 0) is 12.8 Å². The summed E-state index contributed by atoms with van der Waals surface area (Å²) in [5.41, 5.74) is 3.55. The Labute approximate surface area is 180 Å². The van der Waals surface area contributed by atoms with E-state index >= 15 is 0 Å². The number of hydrogen-bond donors (Lipinski definition) is 0. The molecular formula is C25H33N3O2. The lowest BCUT2D eigenvalue weighted by Crippen LogP contribution is -2.33. The summed E-state index contributed by atoms with van der Waals surface area (Å²) in [5, 5.41) is 8.94. The van der Waals surface area contributed by atoms with Gasteiger partial charge in [-0.15, -0.1) is 0 Å². The number of hydrogen-bond acceptors (Lipinski definition) is 5. The van der Waals surface area contributed by atoms with Crippen LogP contribution >= 0.6 is 0 Å². The maximum Gasteiger partial charge on any atom is 0.204 e. The van der Waals surface area contributed by atoms with Gasteiger partial charge in [0.15, 0.2) is 5.76 Å². The zero-order valence-electron chi connectivity index (χ0n) is 18.5. The summed E-state index contributed by atoms with van der Waals surface area (Å²) in [6, 6.07) is 11.6. The van der Waals surface area contributed by atoms with Gasteiger partial charge in [0.2, 0.25) is 11.5 Å². The molecule has 160 valence electrons. The van der Waals surface area contributed by atoms with E-state index in [1.807, 2.05) is 6.07 Å². The number of nitrogens with zero attached hydrogens (tertiary/aromatic N) is 3. The average Bonchev–Trinajstić information content (AvgIpc) is 3.24. The zero-order chi connectivity index (χ0) is 21.5. The second-order valence-electron chi connectivity index (χ2n) is 8.51. The molecule has 0 bridgehead atoms. The van der Waals surface area contributed by atoms with Crippen molar-refractivity contribution in [2.75, 3.05) is 38.1 Å². The van der Waals surface area contributed by atoms with Crippen LogP contribution in [-0.4, -0.2) is 43.9 Å². The Morgan fingerprint density at radius 1 is 1.27 bits per heavy atom. The first-order valence-corrected chi connectivity index (χ1v) is 11.1. The molecule has 3 rings (SSSR count). The summed E-state index contributed by atoms with van der Waals surface area (Å²) in [5.74, 6) is 1.11. The highest BCUT2D eigenvalue weighted by Crippen LogP contribution is 2.29. The van der Waals surface area contributed by atoms with Crippen molar-refractivity contribution in [1.29, 1.82) is 5.26 Å². The van der Waals surface area contributed by atoms with Gasteiger partial charge in [-0.3, -0.25) is 4.79 Å². The third-order valence-electron chi connectivity index (χ3n) is 6.16. The van der Waals surface area contributed by atoms with Crippen LogP contribution in [0.15, 0.2) is 34.7 Å². The molecule has 0 amide bonds. The van der Waals surface area contributed by atoms with Crippen molar-refractivity contribution in [1.82, 2.24) is 4.90 Å². The highest BCUT2D eigenvalue weighted by molar-refractivity contribution is 5.96. The predicted molar refractivity (Wildman–Crippen MR) is 120 cm³/mol. The second-order valence-corrected chi connectivity index (χ2v) is 8.51. The molecule has 0 aliphatic carbocycles. The molecule has 0 N–H and O–H groups in total. The molecule has 1 fully saturated rings. The first-order valence-electron chi connectivity index (χ1n) is 11.1. The van der Waals surface area contributed by atoms with Gasteiger partial charge in [-0.1, -0.05) is 26.0 Å².